The van der Waals surface area contributed by atoms with Crippen LogP contribution < -0.4 is 11.1 Å². The van der Waals surface area contributed by atoms with Crippen LogP contribution in [-0.4, -0.2) is 49.6 Å². The molecular weight excluding hydrogens is 420 g/mol. The summed E-state index contributed by atoms with van der Waals surface area (Å²) in [5.41, 5.74) is 6.77. The van der Waals surface area contributed by atoms with Crippen LogP contribution in [0, 0.1) is 5.82 Å². The van der Waals surface area contributed by atoms with Crippen LogP contribution in [0.25, 0.3) is 5.65 Å². The molecule has 0 radical (unpaired) electrons. The first-order chi connectivity index (χ1) is 14.9. The Kier molecular flexibility index (Phi) is 6.08. The number of nitrogens with two attached hydrogens (primary N) is 1. The minimum absolute atomic E-state index is 0.168. The number of piperidine rings is 1. The third kappa shape index (κ3) is 4.79. The lowest BCUT2D eigenvalue weighted by Crippen LogP contribution is -2.41. The number of anilines is 1. The van der Waals surface area contributed by atoms with Crippen LogP contribution >= 0.6 is 12.2 Å². The Morgan fingerprint density at radius 1 is 1.26 bits per heavy atom. The number of pyridine rings is 1. The highest BCUT2D eigenvalue weighted by Crippen LogP contribution is 2.29. The molecule has 1 unspecified atom stereocenters. The normalized spacial score (nSPS) is 16.5. The number of rotatable bonds is 4. The van der Waals surface area contributed by atoms with Gasteiger partial charge in [-0.25, -0.2) is 18.3 Å². The van der Waals surface area contributed by atoms with Crippen molar-refractivity contribution in [3.8, 4) is 0 Å². The molecule has 3 N–H and O–H groups in total. The number of likely N-dealkylation sites (tertiary alicyclic amines) is 1. The van der Waals surface area contributed by atoms with Gasteiger partial charge >= 0.3 is 0 Å². The lowest BCUT2D eigenvalue weighted by atomic mass is 10.0. The number of alkyl halides is 1. The van der Waals surface area contributed by atoms with Crippen molar-refractivity contribution in [2.45, 2.75) is 32.0 Å². The van der Waals surface area contributed by atoms with Crippen LogP contribution in [0.15, 0.2) is 47.6 Å². The minimum Gasteiger partial charge on any atom is -0.387 e. The zero-order valence-electron chi connectivity index (χ0n) is 17.0. The predicted molar refractivity (Wildman–Crippen MR) is 120 cm³/mol. The summed E-state index contributed by atoms with van der Waals surface area (Å²) in [5.74, 6) is 0.484. The van der Waals surface area contributed by atoms with Crippen molar-refractivity contribution >= 4 is 34.8 Å². The van der Waals surface area contributed by atoms with Gasteiger partial charge in [0.15, 0.2) is 16.9 Å². The van der Waals surface area contributed by atoms with Crippen molar-refractivity contribution in [1.29, 1.82) is 0 Å². The molecule has 0 amide bonds. The molecule has 1 aliphatic heterocycles. The van der Waals surface area contributed by atoms with Crippen molar-refractivity contribution in [3.05, 3.63) is 59.5 Å². The number of fused-ring (bicyclic) bond motifs is 1. The molecule has 7 nitrogen and oxygen atoms in total. The first-order valence-corrected chi connectivity index (χ1v) is 10.4. The number of benzene rings is 1. The molecule has 1 aromatic carbocycles. The maximum atomic E-state index is 15.1. The highest BCUT2D eigenvalue weighted by molar-refractivity contribution is 7.80. The van der Waals surface area contributed by atoms with Gasteiger partial charge in [0, 0.05) is 30.9 Å². The molecule has 1 atom stereocenters. The molecule has 31 heavy (non-hydrogen) atoms. The number of hydrogen-bond acceptors (Lipinski definition) is 4. The maximum absolute atomic E-state index is 15.1. The van der Waals surface area contributed by atoms with Gasteiger partial charge in [-0.2, -0.15) is 4.98 Å². The monoisotopic (exact) mass is 443 g/mol. The summed E-state index contributed by atoms with van der Waals surface area (Å²) in [6.45, 7) is 3.22. The molecule has 0 saturated carbocycles. The number of amidine groups is 1. The van der Waals surface area contributed by atoms with Crippen LogP contribution in [-0.2, 0) is 0 Å². The Balaban J connectivity index is 1.47. The summed E-state index contributed by atoms with van der Waals surface area (Å²) in [4.78, 5) is 10.7. The van der Waals surface area contributed by atoms with Gasteiger partial charge in [0.25, 0.3) is 0 Å². The lowest BCUT2D eigenvalue weighted by Gasteiger charge is -2.32. The van der Waals surface area contributed by atoms with Gasteiger partial charge in [-0.3, -0.25) is 0 Å². The summed E-state index contributed by atoms with van der Waals surface area (Å²) in [5, 5.41) is 8.28. The van der Waals surface area contributed by atoms with Gasteiger partial charge in [-0.1, -0.05) is 18.2 Å². The number of aromatic nitrogens is 3. The quantitative estimate of drug-likeness (QED) is 0.365. The fourth-order valence-electron chi connectivity index (χ4n) is 3.62. The minimum atomic E-state index is -1.43. The molecule has 3 aromatic rings. The zero-order chi connectivity index (χ0) is 22.0. The summed E-state index contributed by atoms with van der Waals surface area (Å²) >= 11 is 5.30. The Bertz CT molecular complexity index is 1100. The van der Waals surface area contributed by atoms with E-state index >= 15 is 4.39 Å². The first kappa shape index (κ1) is 21.1. The Labute approximate surface area is 184 Å². The summed E-state index contributed by atoms with van der Waals surface area (Å²) in [6, 6.07) is 8.92. The van der Waals surface area contributed by atoms with Gasteiger partial charge in [0.2, 0.25) is 5.95 Å². The van der Waals surface area contributed by atoms with Crippen LogP contribution in [0.1, 0.15) is 37.1 Å². The first-order valence-electron chi connectivity index (χ1n) is 10.0. The van der Waals surface area contributed by atoms with E-state index < -0.39 is 12.0 Å². The topological polar surface area (TPSA) is 83.8 Å². The SMILES string of the molecule is CC(N)=NC(=S)N1CCC(Nc2nc3c(C(F)c4ccc(F)cc4)cccn3n2)CC1. The fourth-order valence-corrected chi connectivity index (χ4v) is 3.94. The standard InChI is InChI=1S/C21H23F2N7S/c1-13(24)25-21(31)29-11-8-16(9-12-29)26-20-27-19-17(3-2-10-30(19)28-20)18(23)14-4-6-15(22)7-5-14/h2-7,10,16,18H,8-9,11-12H2,1H3,(H,26,28)(H2,24,25,31). The number of halogens is 2. The zero-order valence-corrected chi connectivity index (χ0v) is 17.8. The molecule has 4 rings (SSSR count). The summed E-state index contributed by atoms with van der Waals surface area (Å²) in [6.07, 6.45) is 1.96. The van der Waals surface area contributed by atoms with E-state index in [1.807, 2.05) is 4.90 Å². The molecule has 0 aliphatic carbocycles. The van der Waals surface area contributed by atoms with E-state index in [1.54, 1.807) is 29.8 Å². The van der Waals surface area contributed by atoms with Crippen molar-refractivity contribution in [3.63, 3.8) is 0 Å². The molecule has 2 aromatic heterocycles. The van der Waals surface area contributed by atoms with E-state index in [1.165, 1.54) is 24.3 Å². The number of nitrogens with one attached hydrogen (secondary N) is 1. The highest BCUT2D eigenvalue weighted by Gasteiger charge is 2.23. The average Bonchev–Trinajstić information content (AvgIpc) is 3.16. The van der Waals surface area contributed by atoms with Gasteiger partial charge < -0.3 is 16.0 Å². The molecule has 1 aliphatic rings. The predicted octanol–water partition coefficient (Wildman–Crippen LogP) is 3.47. The molecular formula is C21H23F2N7S. The lowest BCUT2D eigenvalue weighted by molar-refractivity contribution is 0.325. The summed E-state index contributed by atoms with van der Waals surface area (Å²) < 4.78 is 29.9. The fraction of sp³-hybridized carbons (Fsp3) is 0.333. The van der Waals surface area contributed by atoms with E-state index in [4.69, 9.17) is 18.0 Å². The number of nitrogens with zero attached hydrogens (tertiary/aromatic N) is 5. The molecule has 1 saturated heterocycles. The van der Waals surface area contributed by atoms with Crippen LogP contribution in [0.5, 0.6) is 0 Å². The second kappa shape index (κ2) is 8.93. The second-order valence-electron chi connectivity index (χ2n) is 7.52. The highest BCUT2D eigenvalue weighted by atomic mass is 32.1. The third-order valence-electron chi connectivity index (χ3n) is 5.20. The molecule has 10 heteroatoms. The van der Waals surface area contributed by atoms with Gasteiger partial charge in [-0.05, 0) is 55.7 Å². The van der Waals surface area contributed by atoms with Crippen LogP contribution in [0.2, 0.25) is 0 Å². The van der Waals surface area contributed by atoms with E-state index in [9.17, 15) is 4.39 Å². The van der Waals surface area contributed by atoms with Crippen molar-refractivity contribution in [1.82, 2.24) is 19.5 Å². The van der Waals surface area contributed by atoms with Crippen molar-refractivity contribution in [2.24, 2.45) is 10.7 Å². The Morgan fingerprint density at radius 3 is 2.65 bits per heavy atom. The third-order valence-corrected chi connectivity index (χ3v) is 5.55. The smallest absolute Gasteiger partial charge is 0.243 e. The van der Waals surface area contributed by atoms with E-state index in [-0.39, 0.29) is 6.04 Å². The van der Waals surface area contributed by atoms with Crippen LogP contribution in [0.4, 0.5) is 14.7 Å². The van der Waals surface area contributed by atoms with Gasteiger partial charge in [0.05, 0.1) is 5.84 Å². The van der Waals surface area contributed by atoms with Crippen molar-refractivity contribution in [2.75, 3.05) is 18.4 Å². The molecule has 162 valence electrons. The van der Waals surface area contributed by atoms with E-state index in [0.717, 1.165) is 25.9 Å². The van der Waals surface area contributed by atoms with Gasteiger partial charge in [0.1, 0.15) is 5.82 Å². The number of thiocarbonyl (C=S) groups is 1. The second-order valence-corrected chi connectivity index (χ2v) is 7.89. The largest absolute Gasteiger partial charge is 0.387 e. The number of aliphatic imine (C=N–C) groups is 1. The van der Waals surface area contributed by atoms with Crippen LogP contribution in [0.3, 0.4) is 0 Å². The summed E-state index contributed by atoms with van der Waals surface area (Å²) in [7, 11) is 0. The van der Waals surface area contributed by atoms with Crippen molar-refractivity contribution < 1.29 is 8.78 Å². The molecule has 0 bridgehead atoms. The Morgan fingerprint density at radius 2 is 1.97 bits per heavy atom. The van der Waals surface area contributed by atoms with E-state index in [2.05, 4.69) is 20.4 Å². The van der Waals surface area contributed by atoms with Gasteiger partial charge in [-0.15, -0.1) is 5.10 Å². The molecule has 1 fully saturated rings. The average molecular weight is 444 g/mol. The van der Waals surface area contributed by atoms with E-state index in [0.29, 0.717) is 33.7 Å². The number of hydrogen-bond donors (Lipinski definition) is 2. The Hall–Kier alpha value is -3.14. The molecule has 3 heterocycles. The maximum Gasteiger partial charge on any atom is 0.243 e. The molecule has 0 spiro atoms.